The highest BCUT2D eigenvalue weighted by Crippen LogP contribution is 2.43. The Morgan fingerprint density at radius 3 is 2.21 bits per heavy atom. The van der Waals surface area contributed by atoms with Crippen molar-refractivity contribution in [1.29, 1.82) is 0 Å². The van der Waals surface area contributed by atoms with Crippen LogP contribution in [0.2, 0.25) is 0 Å². The minimum absolute atomic E-state index is 0.00872. The molecule has 10 atom stereocenters. The number of aliphatic hydroxyl groups is 2. The third-order valence-corrected chi connectivity index (χ3v) is 21.4. The van der Waals surface area contributed by atoms with Crippen molar-refractivity contribution in [2.75, 3.05) is 61.5 Å². The molecule has 4 aliphatic rings. The van der Waals surface area contributed by atoms with Crippen LogP contribution in [0.3, 0.4) is 0 Å². The van der Waals surface area contributed by atoms with Crippen molar-refractivity contribution in [1.82, 2.24) is 76.3 Å². The molecular weight excluding hydrogens is 1430 g/mol. The fourth-order valence-corrected chi connectivity index (χ4v) is 16.5. The van der Waals surface area contributed by atoms with Gasteiger partial charge in [-0.15, -0.1) is 56.7 Å². The van der Waals surface area contributed by atoms with Crippen LogP contribution >= 0.6 is 56.7 Å². The number of nitrogens with zero attached hydrogens (tertiary/aromatic N) is 9. The number of nitrogens with one attached hydrogen (secondary N) is 6. The second kappa shape index (κ2) is 29.9. The highest BCUT2D eigenvalue weighted by molar-refractivity contribution is 7.14. The zero-order valence-electron chi connectivity index (χ0n) is 55.9. The number of pyridine rings is 1. The van der Waals surface area contributed by atoms with Gasteiger partial charge < -0.3 is 90.6 Å². The number of carbonyl (C=O) groups excluding carboxylic acids is 8. The molecule has 12 rings (SSSR count). The average Bonchev–Trinajstić information content (AvgIpc) is 1.53. The van der Waals surface area contributed by atoms with E-state index < -0.39 is 133 Å². The predicted octanol–water partition coefficient (Wildman–Crippen LogP) is 3.57. The fourth-order valence-electron chi connectivity index (χ4n) is 12.3. The van der Waals surface area contributed by atoms with Gasteiger partial charge in [-0.05, 0) is 73.6 Å². The number of hydrogen-bond acceptors (Lipinski definition) is 31. The van der Waals surface area contributed by atoms with E-state index in [0.717, 1.165) is 56.7 Å². The molecule has 1 fully saturated rings. The van der Waals surface area contributed by atoms with E-state index in [2.05, 4.69) is 46.9 Å². The summed E-state index contributed by atoms with van der Waals surface area (Å²) >= 11 is 4.61. The summed E-state index contributed by atoms with van der Waals surface area (Å²) in [6.07, 6.45) is -7.53. The molecule has 33 nitrogen and oxygen atoms in total. The van der Waals surface area contributed by atoms with Crippen molar-refractivity contribution >= 4 is 121 Å². The van der Waals surface area contributed by atoms with Gasteiger partial charge in [0.1, 0.15) is 120 Å². The first-order valence-electron chi connectivity index (χ1n) is 31.5. The number of aliphatic hydroxyl groups excluding tert-OH is 1. The Balaban J connectivity index is 1.01. The molecule has 0 aliphatic carbocycles. The van der Waals surface area contributed by atoms with Crippen LogP contribution in [0.5, 0.6) is 5.75 Å². The zero-order valence-corrected chi connectivity index (χ0v) is 60.0. The van der Waals surface area contributed by atoms with Crippen molar-refractivity contribution in [3.8, 4) is 38.4 Å². The number of aromatic hydroxyl groups is 1. The number of rotatable bonds is 12. The molecule has 1 aromatic carbocycles. The Labute approximate surface area is 600 Å². The average molecular weight is 1500 g/mol. The van der Waals surface area contributed by atoms with Crippen LogP contribution in [0.1, 0.15) is 125 Å². The molecule has 538 valence electrons. The van der Waals surface area contributed by atoms with E-state index in [9.17, 15) is 39.7 Å². The third kappa shape index (κ3) is 15.0. The molecule has 38 heteroatoms. The molecule has 8 aromatic rings. The van der Waals surface area contributed by atoms with Gasteiger partial charge in [0.25, 0.3) is 23.6 Å². The number of thiazole rings is 5. The summed E-state index contributed by atoms with van der Waals surface area (Å²) in [5.41, 5.74) is -2.46. The van der Waals surface area contributed by atoms with Crippen LogP contribution in [0, 0.1) is 0 Å². The standard InChI is InChI=1S/C64H69N15O18S5/c1-26(80)43-56(87)75-44(27(2)92-9)59-71-37(25-100-59)55(86)76-47-49-50(97-41-16-64(4,90)51(78(7)8)28(3)96-41)63(89)94-18-29-11-10-12-38-42(29)31(19-93-49)48(79(38)91)62(88)95-20-32(67-53(84)35-24-102-61(47)72-35)58-68-33(21-99-58)45-30(57-69-36(23-98-57)54(85)74-43)15-39(81)46(73-45)60-70-34(22-101-60)52(83)66-14-13-65-40(82)17-77(5)6/h10-12,15,21-26,28,32,41,43,47,49-51,80-81,90-91H,13-14,16-20H2,1-9H3,(H,65,82)(H,66,83)(H,67,84)(H,74,85)(H,75,87)(H,76,86)/b44-27+. The number of esters is 2. The second-order valence-electron chi connectivity index (χ2n) is 24.9. The first kappa shape index (κ1) is 72.5. The van der Waals surface area contributed by atoms with Gasteiger partial charge in [-0.1, -0.05) is 12.1 Å². The van der Waals surface area contributed by atoms with Crippen LogP contribution in [0.25, 0.3) is 49.3 Å². The monoisotopic (exact) mass is 1500 g/mol. The molecule has 102 heavy (non-hydrogen) atoms. The molecule has 0 spiro atoms. The van der Waals surface area contributed by atoms with Gasteiger partial charge in [0.15, 0.2) is 18.1 Å². The predicted molar refractivity (Wildman–Crippen MR) is 368 cm³/mol. The van der Waals surface area contributed by atoms with Crippen molar-refractivity contribution in [3.05, 3.63) is 112 Å². The molecule has 12 bridgehead atoms. The number of fused-ring (bicyclic) bond motifs is 15. The molecule has 7 aromatic heterocycles. The number of hydrogen-bond donors (Lipinski definition) is 10. The van der Waals surface area contributed by atoms with E-state index in [1.807, 2.05) is 0 Å². The molecule has 10 N–H and O–H groups in total. The number of allylic oxidation sites excluding steroid dienone is 1. The van der Waals surface area contributed by atoms with Gasteiger partial charge in [-0.3, -0.25) is 28.8 Å². The number of likely N-dealkylation sites (N-methyl/N-ethyl adjacent to an activating group) is 2. The van der Waals surface area contributed by atoms with E-state index in [0.29, 0.717) is 10.3 Å². The number of amides is 6. The van der Waals surface area contributed by atoms with Crippen molar-refractivity contribution in [2.24, 2.45) is 0 Å². The normalized spacial score (nSPS) is 23.6. The summed E-state index contributed by atoms with van der Waals surface area (Å²) < 4.78 is 38.3. The van der Waals surface area contributed by atoms with E-state index in [4.69, 9.17) is 43.4 Å². The van der Waals surface area contributed by atoms with Gasteiger partial charge in [-0.25, -0.2) is 39.5 Å². The van der Waals surface area contributed by atoms with Crippen LogP contribution in [0.4, 0.5) is 0 Å². The van der Waals surface area contributed by atoms with Gasteiger partial charge in [0, 0.05) is 62.9 Å². The number of ether oxygens (including phenoxy) is 6. The van der Waals surface area contributed by atoms with Gasteiger partial charge in [0.05, 0.1) is 49.6 Å². The summed E-state index contributed by atoms with van der Waals surface area (Å²) in [6, 6.07) is 0.731. The minimum atomic E-state index is -1.91. The molecular formula is C64H69N15O18S5. The Morgan fingerprint density at radius 2 is 1.48 bits per heavy atom. The quantitative estimate of drug-likeness (QED) is 0.0362. The topological polar surface area (TPSA) is 434 Å². The van der Waals surface area contributed by atoms with Gasteiger partial charge in [-0.2, -0.15) is 4.73 Å². The van der Waals surface area contributed by atoms with Crippen molar-refractivity contribution < 1.29 is 87.3 Å². The lowest BCUT2D eigenvalue weighted by Gasteiger charge is -2.48. The maximum Gasteiger partial charge on any atom is 0.358 e. The van der Waals surface area contributed by atoms with Crippen LogP contribution in [-0.2, 0) is 56.0 Å². The first-order chi connectivity index (χ1) is 48.7. The van der Waals surface area contributed by atoms with E-state index in [-0.39, 0.29) is 130 Å². The summed E-state index contributed by atoms with van der Waals surface area (Å²) in [6.45, 7) is 4.62. The summed E-state index contributed by atoms with van der Waals surface area (Å²) in [7, 11) is 8.34. The highest BCUT2D eigenvalue weighted by atomic mass is 32.1. The molecule has 11 heterocycles. The SMILES string of the molecule is CO/C(C)=C1/NC(=O)C(C(C)O)NC(=O)c2csc(n2)-c2cc(O)c(-c3nc(C(=O)NCCNC(=O)CN(C)C)cs3)nc2-c2csc(n2)C2COC(=O)c3c4c5c(cccc5n3O)COC(=O)C(OC3CC(C)(O)C(N(C)C)C(C)O3)C(OC4)C(NC(=O)c3csc1n3)c1nc(cs1)C(=O)N2. The summed E-state index contributed by atoms with van der Waals surface area (Å²) in [5, 5.41) is 71.1. The van der Waals surface area contributed by atoms with Gasteiger partial charge in [0.2, 0.25) is 11.8 Å². The molecule has 4 aliphatic heterocycles. The lowest BCUT2D eigenvalue weighted by atomic mass is 9.85. The number of benzene rings is 1. The molecule has 1 saturated heterocycles. The van der Waals surface area contributed by atoms with E-state index in [1.54, 1.807) is 69.4 Å². The number of methoxy groups -OCH3 is 1. The number of cyclic esters (lactones) is 2. The second-order valence-corrected chi connectivity index (χ2v) is 29.2. The Bertz CT molecular complexity index is 4630. The largest absolute Gasteiger partial charge is 0.506 e. The van der Waals surface area contributed by atoms with Crippen molar-refractivity contribution in [3.63, 3.8) is 0 Å². The number of aromatic nitrogens is 7. The fraction of sp³-hybridized carbons (Fsp3) is 0.406. The van der Waals surface area contributed by atoms with Crippen molar-refractivity contribution in [2.45, 2.75) is 108 Å². The Kier molecular flexibility index (Phi) is 21.3. The maximum absolute atomic E-state index is 15.2. The summed E-state index contributed by atoms with van der Waals surface area (Å²) in [5.74, 6) is -7.14. The smallest absolute Gasteiger partial charge is 0.358 e. The highest BCUT2D eigenvalue weighted by Gasteiger charge is 2.50. The molecule has 0 radical (unpaired) electrons. The lowest BCUT2D eigenvalue weighted by Crippen LogP contribution is -2.62. The number of carbonyl (C=O) groups is 8. The van der Waals surface area contributed by atoms with E-state index in [1.165, 1.54) is 54.6 Å². The molecule has 0 saturated carbocycles. The molecule has 6 amide bonds. The van der Waals surface area contributed by atoms with Gasteiger partial charge >= 0.3 is 11.9 Å². The maximum atomic E-state index is 15.2. The molecule has 10 unspecified atom stereocenters. The lowest BCUT2D eigenvalue weighted by molar-refractivity contribution is -0.280. The zero-order chi connectivity index (χ0) is 72.7. The Morgan fingerprint density at radius 1 is 0.814 bits per heavy atom. The van der Waals surface area contributed by atoms with Crippen LogP contribution in [0.15, 0.2) is 56.9 Å². The van der Waals surface area contributed by atoms with Crippen LogP contribution < -0.4 is 31.9 Å². The van der Waals surface area contributed by atoms with E-state index >= 15 is 19.2 Å². The van der Waals surface area contributed by atoms with Crippen LogP contribution in [-0.4, -0.2) is 222 Å². The summed E-state index contributed by atoms with van der Waals surface area (Å²) in [4.78, 5) is 147. The Hall–Kier alpha value is -9.32. The third-order valence-electron chi connectivity index (χ3n) is 16.9. The minimum Gasteiger partial charge on any atom is -0.506 e. The first-order valence-corrected chi connectivity index (χ1v) is 35.9.